The molecule has 0 N–H and O–H groups in total. The Hall–Kier alpha value is -3.75. The van der Waals surface area contributed by atoms with Gasteiger partial charge in [0.25, 0.3) is 5.56 Å². The third-order valence-corrected chi connectivity index (χ3v) is 5.61. The summed E-state index contributed by atoms with van der Waals surface area (Å²) in [6, 6.07) is 12.1. The van der Waals surface area contributed by atoms with E-state index in [2.05, 4.69) is 28.8 Å². The predicted molar refractivity (Wildman–Crippen MR) is 120 cm³/mol. The first-order valence-corrected chi connectivity index (χ1v) is 10.6. The van der Waals surface area contributed by atoms with Gasteiger partial charge in [-0.25, -0.2) is 15.0 Å². The number of nitrogens with zero attached hydrogens (tertiary/aromatic N) is 5. The van der Waals surface area contributed by atoms with Gasteiger partial charge in [0.2, 0.25) is 0 Å². The number of aryl methyl sites for hydroxylation is 1. The van der Waals surface area contributed by atoms with Crippen LogP contribution in [0.4, 0.5) is 13.2 Å². The van der Waals surface area contributed by atoms with Crippen LogP contribution in [0.2, 0.25) is 0 Å². The predicted octanol–water partition coefficient (Wildman–Crippen LogP) is 5.35. The molecule has 0 atom stereocenters. The van der Waals surface area contributed by atoms with Crippen LogP contribution in [0, 0.1) is 5.92 Å². The van der Waals surface area contributed by atoms with E-state index in [1.165, 1.54) is 27.6 Å². The molecule has 0 bridgehead atoms. The Balaban J connectivity index is 1.87. The lowest BCUT2D eigenvalue weighted by Crippen LogP contribution is -2.21. The zero-order valence-corrected chi connectivity index (χ0v) is 18.0. The Morgan fingerprint density at radius 3 is 2.39 bits per heavy atom. The fourth-order valence-electron chi connectivity index (χ4n) is 3.89. The lowest BCUT2D eigenvalue weighted by atomic mass is 10.1. The zero-order valence-electron chi connectivity index (χ0n) is 18.0. The molecular weight excluding hydrogens is 431 g/mol. The molecule has 0 aliphatic rings. The normalized spacial score (nSPS) is 12.4. The number of benzene rings is 2. The molecule has 0 saturated carbocycles. The molecule has 0 aliphatic carbocycles. The van der Waals surface area contributed by atoms with Crippen molar-refractivity contribution in [3.8, 4) is 5.69 Å². The summed E-state index contributed by atoms with van der Waals surface area (Å²) in [7, 11) is 0. The molecule has 0 unspecified atom stereocenters. The molecular formula is C24H20F3N5O. The van der Waals surface area contributed by atoms with E-state index in [1.54, 1.807) is 18.2 Å². The van der Waals surface area contributed by atoms with Crippen molar-refractivity contribution >= 4 is 33.2 Å². The summed E-state index contributed by atoms with van der Waals surface area (Å²) < 4.78 is 43.2. The minimum absolute atomic E-state index is 0.209. The molecule has 0 saturated heterocycles. The summed E-state index contributed by atoms with van der Waals surface area (Å²) in [5, 5.41) is 0.243. The Labute approximate surface area is 186 Å². The number of halogens is 3. The SMILES string of the molecule is CC(C)CCn1cnc2c(c1=O)c1nc3ccccc3nc1n2-c1cccc(C(F)(F)F)c1. The van der Waals surface area contributed by atoms with Crippen LogP contribution in [0.15, 0.2) is 59.7 Å². The number of hydrogen-bond donors (Lipinski definition) is 0. The molecule has 5 aromatic rings. The second kappa shape index (κ2) is 7.68. The van der Waals surface area contributed by atoms with Crippen LogP contribution in [0.3, 0.4) is 0 Å². The monoisotopic (exact) mass is 451 g/mol. The Morgan fingerprint density at radius 1 is 0.970 bits per heavy atom. The van der Waals surface area contributed by atoms with Crippen molar-refractivity contribution in [2.75, 3.05) is 0 Å². The Bertz CT molecular complexity index is 1570. The van der Waals surface area contributed by atoms with Crippen LogP contribution in [0.1, 0.15) is 25.8 Å². The molecule has 5 rings (SSSR count). The quantitative estimate of drug-likeness (QED) is 0.370. The van der Waals surface area contributed by atoms with Crippen molar-refractivity contribution in [2.45, 2.75) is 33.0 Å². The first-order chi connectivity index (χ1) is 15.7. The van der Waals surface area contributed by atoms with Crippen LogP contribution in [-0.4, -0.2) is 24.1 Å². The van der Waals surface area contributed by atoms with E-state index in [0.29, 0.717) is 29.0 Å². The second-order valence-electron chi connectivity index (χ2n) is 8.39. The van der Waals surface area contributed by atoms with Gasteiger partial charge >= 0.3 is 6.18 Å². The van der Waals surface area contributed by atoms with Gasteiger partial charge in [-0.15, -0.1) is 0 Å². The highest BCUT2D eigenvalue weighted by Crippen LogP contribution is 2.33. The Kier molecular flexibility index (Phi) is 4.92. The zero-order chi connectivity index (χ0) is 23.3. The number of alkyl halides is 3. The van der Waals surface area contributed by atoms with Gasteiger partial charge in [-0.05, 0) is 42.7 Å². The van der Waals surface area contributed by atoms with E-state index in [-0.39, 0.29) is 27.9 Å². The smallest absolute Gasteiger partial charge is 0.299 e. The summed E-state index contributed by atoms with van der Waals surface area (Å²) in [6.07, 6.45) is -2.28. The second-order valence-corrected chi connectivity index (χ2v) is 8.39. The molecule has 3 heterocycles. The lowest BCUT2D eigenvalue weighted by Gasteiger charge is -2.11. The summed E-state index contributed by atoms with van der Waals surface area (Å²) in [6.45, 7) is 4.61. The van der Waals surface area contributed by atoms with Gasteiger partial charge in [0.1, 0.15) is 10.9 Å². The average molecular weight is 451 g/mol. The lowest BCUT2D eigenvalue weighted by molar-refractivity contribution is -0.137. The average Bonchev–Trinajstić information content (AvgIpc) is 3.10. The highest BCUT2D eigenvalue weighted by atomic mass is 19.4. The van der Waals surface area contributed by atoms with Crippen LogP contribution >= 0.6 is 0 Å². The van der Waals surface area contributed by atoms with E-state index < -0.39 is 11.7 Å². The highest BCUT2D eigenvalue weighted by Gasteiger charge is 2.31. The van der Waals surface area contributed by atoms with Crippen molar-refractivity contribution in [1.82, 2.24) is 24.1 Å². The Morgan fingerprint density at radius 2 is 1.70 bits per heavy atom. The maximum absolute atomic E-state index is 13.4. The molecule has 0 fully saturated rings. The topological polar surface area (TPSA) is 65.6 Å². The van der Waals surface area contributed by atoms with Crippen molar-refractivity contribution in [3.05, 3.63) is 70.8 Å². The maximum atomic E-state index is 13.4. The van der Waals surface area contributed by atoms with Crippen molar-refractivity contribution < 1.29 is 13.2 Å². The van der Waals surface area contributed by atoms with E-state index in [4.69, 9.17) is 0 Å². The third-order valence-electron chi connectivity index (χ3n) is 5.61. The maximum Gasteiger partial charge on any atom is 0.416 e. The van der Waals surface area contributed by atoms with Gasteiger partial charge in [0.15, 0.2) is 11.3 Å². The van der Waals surface area contributed by atoms with E-state index in [0.717, 1.165) is 18.6 Å². The van der Waals surface area contributed by atoms with Gasteiger partial charge < -0.3 is 0 Å². The molecule has 0 radical (unpaired) electrons. The molecule has 0 amide bonds. The van der Waals surface area contributed by atoms with Crippen LogP contribution in [0.25, 0.3) is 38.9 Å². The van der Waals surface area contributed by atoms with E-state index in [1.807, 2.05) is 6.07 Å². The molecule has 6 nitrogen and oxygen atoms in total. The van der Waals surface area contributed by atoms with Crippen LogP contribution < -0.4 is 5.56 Å². The van der Waals surface area contributed by atoms with Gasteiger partial charge in [0, 0.05) is 12.2 Å². The number of hydrogen-bond acceptors (Lipinski definition) is 4. The molecule has 3 aromatic heterocycles. The number of para-hydroxylation sites is 2. The summed E-state index contributed by atoms with van der Waals surface area (Å²) in [4.78, 5) is 27.2. The first kappa shape index (κ1) is 21.1. The summed E-state index contributed by atoms with van der Waals surface area (Å²) in [5.41, 5.74) is 1.11. The standard InChI is InChI=1S/C24H20F3N5O/c1-14(2)10-11-31-13-28-21-19(23(31)33)20-22(30-18-9-4-3-8-17(18)29-20)32(21)16-7-5-6-15(12-16)24(25,26)27/h3-9,12-14H,10-11H2,1-2H3. The first-order valence-electron chi connectivity index (χ1n) is 10.6. The molecule has 9 heteroatoms. The molecule has 0 aliphatic heterocycles. The number of aromatic nitrogens is 5. The molecule has 33 heavy (non-hydrogen) atoms. The summed E-state index contributed by atoms with van der Waals surface area (Å²) >= 11 is 0. The number of fused-ring (bicyclic) bond motifs is 4. The highest BCUT2D eigenvalue weighted by molar-refractivity contribution is 6.05. The van der Waals surface area contributed by atoms with Crippen LogP contribution in [-0.2, 0) is 12.7 Å². The third kappa shape index (κ3) is 3.63. The fourth-order valence-corrected chi connectivity index (χ4v) is 3.89. The van der Waals surface area contributed by atoms with Gasteiger partial charge in [-0.1, -0.05) is 32.0 Å². The fraction of sp³-hybridized carbons (Fsp3) is 0.250. The summed E-state index contributed by atoms with van der Waals surface area (Å²) in [5.74, 6) is 0.391. The van der Waals surface area contributed by atoms with Gasteiger partial charge in [0.05, 0.1) is 22.9 Å². The van der Waals surface area contributed by atoms with Crippen molar-refractivity contribution in [2.24, 2.45) is 5.92 Å². The number of rotatable bonds is 4. The molecule has 168 valence electrons. The molecule has 2 aromatic carbocycles. The van der Waals surface area contributed by atoms with Crippen molar-refractivity contribution in [3.63, 3.8) is 0 Å². The largest absolute Gasteiger partial charge is 0.416 e. The van der Waals surface area contributed by atoms with E-state index in [9.17, 15) is 18.0 Å². The van der Waals surface area contributed by atoms with Crippen LogP contribution in [0.5, 0.6) is 0 Å². The van der Waals surface area contributed by atoms with Crippen molar-refractivity contribution in [1.29, 1.82) is 0 Å². The minimum Gasteiger partial charge on any atom is -0.299 e. The van der Waals surface area contributed by atoms with E-state index >= 15 is 0 Å². The van der Waals surface area contributed by atoms with Gasteiger partial charge in [-0.2, -0.15) is 13.2 Å². The molecule has 0 spiro atoms. The van der Waals surface area contributed by atoms with Gasteiger partial charge in [-0.3, -0.25) is 13.9 Å². The minimum atomic E-state index is -4.51.